The molecule has 0 aromatic heterocycles. The maximum atomic E-state index is 5.84. The average molecular weight is 234 g/mol. The van der Waals surface area contributed by atoms with Gasteiger partial charge < -0.3 is 20.5 Å². The monoisotopic (exact) mass is 234 g/mol. The van der Waals surface area contributed by atoms with Crippen molar-refractivity contribution in [2.24, 2.45) is 5.73 Å². The first-order chi connectivity index (χ1) is 8.33. The molecule has 1 saturated carbocycles. The van der Waals surface area contributed by atoms with Gasteiger partial charge >= 0.3 is 0 Å². The van der Waals surface area contributed by atoms with Crippen LogP contribution < -0.4 is 15.8 Å². The van der Waals surface area contributed by atoms with Crippen LogP contribution in [0.25, 0.3) is 0 Å². The average Bonchev–Trinajstić information content (AvgIpc) is 2.37. The molecule has 1 aromatic rings. The van der Waals surface area contributed by atoms with Gasteiger partial charge in [-0.1, -0.05) is 6.07 Å². The molecule has 4 nitrogen and oxygen atoms in total. The van der Waals surface area contributed by atoms with Gasteiger partial charge in [-0.15, -0.1) is 0 Å². The summed E-state index contributed by atoms with van der Waals surface area (Å²) in [5.41, 5.74) is 8.07. The Morgan fingerprint density at radius 3 is 3.12 bits per heavy atom. The zero-order valence-electron chi connectivity index (χ0n) is 9.82. The SMILES string of the molecule is N[C@@H]1CC[C@H]1OCc1ccc2c(c1)NCCO2. The van der Waals surface area contributed by atoms with Gasteiger partial charge in [-0.3, -0.25) is 0 Å². The number of anilines is 1. The summed E-state index contributed by atoms with van der Waals surface area (Å²) in [4.78, 5) is 0. The van der Waals surface area contributed by atoms with E-state index < -0.39 is 0 Å². The molecule has 1 aliphatic carbocycles. The predicted molar refractivity (Wildman–Crippen MR) is 66.2 cm³/mol. The van der Waals surface area contributed by atoms with E-state index in [4.69, 9.17) is 15.2 Å². The fourth-order valence-electron chi connectivity index (χ4n) is 2.18. The standard InChI is InChI=1S/C13H18N2O2/c14-10-2-4-12(10)17-8-9-1-3-13-11(7-9)15-5-6-16-13/h1,3,7,10,12,15H,2,4-6,8,14H2/t10-,12-/m1/s1. The Morgan fingerprint density at radius 1 is 1.41 bits per heavy atom. The fourth-order valence-corrected chi connectivity index (χ4v) is 2.18. The largest absolute Gasteiger partial charge is 0.490 e. The second-order valence-corrected chi connectivity index (χ2v) is 4.70. The Kier molecular flexibility index (Phi) is 2.91. The van der Waals surface area contributed by atoms with Crippen molar-refractivity contribution in [1.29, 1.82) is 0 Å². The van der Waals surface area contributed by atoms with Crippen LogP contribution in [-0.4, -0.2) is 25.3 Å². The lowest BCUT2D eigenvalue weighted by Gasteiger charge is -2.33. The summed E-state index contributed by atoms with van der Waals surface area (Å²) >= 11 is 0. The van der Waals surface area contributed by atoms with Crippen LogP contribution in [0.1, 0.15) is 18.4 Å². The molecule has 0 amide bonds. The first-order valence-corrected chi connectivity index (χ1v) is 6.20. The third-order valence-corrected chi connectivity index (χ3v) is 3.45. The second-order valence-electron chi connectivity index (χ2n) is 4.70. The lowest BCUT2D eigenvalue weighted by Crippen LogP contribution is -2.45. The minimum absolute atomic E-state index is 0.231. The number of nitrogens with two attached hydrogens (primary N) is 1. The minimum Gasteiger partial charge on any atom is -0.490 e. The topological polar surface area (TPSA) is 56.5 Å². The number of benzene rings is 1. The molecule has 0 saturated heterocycles. The molecule has 1 aromatic carbocycles. The number of hydrogen-bond acceptors (Lipinski definition) is 4. The third-order valence-electron chi connectivity index (χ3n) is 3.45. The second kappa shape index (κ2) is 4.55. The molecule has 17 heavy (non-hydrogen) atoms. The van der Waals surface area contributed by atoms with Gasteiger partial charge in [-0.2, -0.15) is 0 Å². The van der Waals surface area contributed by atoms with Crippen molar-refractivity contribution in [3.05, 3.63) is 23.8 Å². The highest BCUT2D eigenvalue weighted by Gasteiger charge is 2.27. The molecule has 2 aliphatic rings. The number of rotatable bonds is 3. The summed E-state index contributed by atoms with van der Waals surface area (Å²) < 4.78 is 11.3. The molecular formula is C13H18N2O2. The molecule has 0 bridgehead atoms. The molecular weight excluding hydrogens is 216 g/mol. The van der Waals surface area contributed by atoms with Crippen LogP contribution in [0.3, 0.4) is 0 Å². The van der Waals surface area contributed by atoms with E-state index in [1.54, 1.807) is 0 Å². The molecule has 1 aliphatic heterocycles. The fraction of sp³-hybridized carbons (Fsp3) is 0.538. The van der Waals surface area contributed by atoms with E-state index in [9.17, 15) is 0 Å². The van der Waals surface area contributed by atoms with Gasteiger partial charge in [-0.25, -0.2) is 0 Å². The van der Waals surface area contributed by atoms with E-state index in [1.807, 2.05) is 6.07 Å². The quantitative estimate of drug-likeness (QED) is 0.832. The van der Waals surface area contributed by atoms with Crippen molar-refractivity contribution in [1.82, 2.24) is 0 Å². The summed E-state index contributed by atoms with van der Waals surface area (Å²) in [5.74, 6) is 0.931. The summed E-state index contributed by atoms with van der Waals surface area (Å²) in [7, 11) is 0. The van der Waals surface area contributed by atoms with E-state index in [0.29, 0.717) is 6.61 Å². The van der Waals surface area contributed by atoms with Gasteiger partial charge in [-0.05, 0) is 30.5 Å². The highest BCUT2D eigenvalue weighted by Crippen LogP contribution is 2.29. The highest BCUT2D eigenvalue weighted by atomic mass is 16.5. The van der Waals surface area contributed by atoms with Gasteiger partial charge in [0.2, 0.25) is 0 Å². The van der Waals surface area contributed by atoms with Crippen LogP contribution in [-0.2, 0) is 11.3 Å². The molecule has 3 rings (SSSR count). The summed E-state index contributed by atoms with van der Waals surface area (Å²) in [6.45, 7) is 2.23. The molecule has 4 heteroatoms. The maximum absolute atomic E-state index is 5.84. The maximum Gasteiger partial charge on any atom is 0.142 e. The Hall–Kier alpha value is -1.26. The third kappa shape index (κ3) is 2.23. The van der Waals surface area contributed by atoms with Crippen LogP contribution in [0.15, 0.2) is 18.2 Å². The van der Waals surface area contributed by atoms with Crippen molar-refractivity contribution >= 4 is 5.69 Å². The first kappa shape index (κ1) is 10.9. The van der Waals surface area contributed by atoms with Gasteiger partial charge in [0.05, 0.1) is 18.4 Å². The van der Waals surface area contributed by atoms with E-state index in [0.717, 1.165) is 37.4 Å². The smallest absolute Gasteiger partial charge is 0.142 e. The lowest BCUT2D eigenvalue weighted by atomic mass is 9.90. The van der Waals surface area contributed by atoms with Gasteiger partial charge in [0, 0.05) is 12.6 Å². The molecule has 3 N–H and O–H groups in total. The highest BCUT2D eigenvalue weighted by molar-refractivity contribution is 5.59. The normalized spacial score (nSPS) is 26.4. The number of ether oxygens (including phenoxy) is 2. The van der Waals surface area contributed by atoms with Crippen LogP contribution in [0.5, 0.6) is 5.75 Å². The van der Waals surface area contributed by atoms with E-state index in [1.165, 1.54) is 5.56 Å². The summed E-state index contributed by atoms with van der Waals surface area (Å²) in [5, 5.41) is 3.32. The predicted octanol–water partition coefficient (Wildman–Crippen LogP) is 1.50. The Balaban J connectivity index is 1.63. The van der Waals surface area contributed by atoms with Crippen LogP contribution in [0.2, 0.25) is 0 Å². The molecule has 0 unspecified atom stereocenters. The molecule has 0 radical (unpaired) electrons. The van der Waals surface area contributed by atoms with Crippen LogP contribution in [0.4, 0.5) is 5.69 Å². The van der Waals surface area contributed by atoms with Crippen LogP contribution >= 0.6 is 0 Å². The van der Waals surface area contributed by atoms with E-state index in [-0.39, 0.29) is 12.1 Å². The Morgan fingerprint density at radius 2 is 2.35 bits per heavy atom. The summed E-state index contributed by atoms with van der Waals surface area (Å²) in [6, 6.07) is 6.38. The van der Waals surface area contributed by atoms with Crippen molar-refractivity contribution < 1.29 is 9.47 Å². The molecule has 0 spiro atoms. The number of hydrogen-bond donors (Lipinski definition) is 2. The Labute approximate surface area is 101 Å². The van der Waals surface area contributed by atoms with E-state index in [2.05, 4.69) is 17.4 Å². The van der Waals surface area contributed by atoms with Gasteiger partial charge in [0.25, 0.3) is 0 Å². The van der Waals surface area contributed by atoms with Crippen molar-refractivity contribution in [3.63, 3.8) is 0 Å². The Bertz CT molecular complexity index is 408. The van der Waals surface area contributed by atoms with Crippen molar-refractivity contribution in [2.75, 3.05) is 18.5 Å². The van der Waals surface area contributed by atoms with Crippen LogP contribution in [0, 0.1) is 0 Å². The minimum atomic E-state index is 0.231. The van der Waals surface area contributed by atoms with Gasteiger partial charge in [0.15, 0.2) is 0 Å². The number of fused-ring (bicyclic) bond motifs is 1. The lowest BCUT2D eigenvalue weighted by molar-refractivity contribution is -0.0245. The summed E-state index contributed by atoms with van der Waals surface area (Å²) in [6.07, 6.45) is 2.42. The van der Waals surface area contributed by atoms with Crippen molar-refractivity contribution in [3.8, 4) is 5.75 Å². The molecule has 2 atom stereocenters. The zero-order valence-corrected chi connectivity index (χ0v) is 9.82. The number of nitrogens with one attached hydrogen (secondary N) is 1. The van der Waals surface area contributed by atoms with E-state index >= 15 is 0 Å². The van der Waals surface area contributed by atoms with Crippen molar-refractivity contribution in [2.45, 2.75) is 31.6 Å². The first-order valence-electron chi connectivity index (χ1n) is 6.20. The molecule has 1 heterocycles. The van der Waals surface area contributed by atoms with Gasteiger partial charge in [0.1, 0.15) is 12.4 Å². The zero-order chi connectivity index (χ0) is 11.7. The molecule has 1 fully saturated rings. The molecule has 92 valence electrons.